The molecular weight excluding hydrogens is 601 g/mol. The third-order valence-corrected chi connectivity index (χ3v) is 10.4. The van der Waals surface area contributed by atoms with Gasteiger partial charge in [-0.25, -0.2) is 0 Å². The maximum Gasteiger partial charge on any atom is -0.00261 e. The molecule has 0 N–H and O–H groups in total. The summed E-state index contributed by atoms with van der Waals surface area (Å²) in [5, 5.41) is 7.77. The molecule has 0 bridgehead atoms. The highest BCUT2D eigenvalue weighted by Crippen LogP contribution is 2.50. The van der Waals surface area contributed by atoms with E-state index in [4.69, 9.17) is 0 Å². The van der Waals surface area contributed by atoms with Gasteiger partial charge in [-0.05, 0) is 105 Å². The van der Waals surface area contributed by atoms with Crippen LogP contribution in [0.4, 0.5) is 0 Å². The molecule has 9 aromatic carbocycles. The largest absolute Gasteiger partial charge is 0.0622 e. The molecule has 0 radical (unpaired) electrons. The van der Waals surface area contributed by atoms with Crippen LogP contribution in [0.1, 0.15) is 11.1 Å². The predicted molar refractivity (Wildman–Crippen MR) is 215 cm³/mol. The first kappa shape index (κ1) is 28.5. The molecule has 1 aliphatic rings. The Balaban J connectivity index is 1.05. The maximum absolute atomic E-state index is 2.42. The molecule has 0 nitrogen and oxygen atoms in total. The Morgan fingerprint density at radius 2 is 0.740 bits per heavy atom. The van der Waals surface area contributed by atoms with Crippen LogP contribution >= 0.6 is 0 Å². The van der Waals surface area contributed by atoms with Gasteiger partial charge in [0.15, 0.2) is 0 Å². The number of benzene rings is 9. The van der Waals surface area contributed by atoms with Crippen molar-refractivity contribution in [1.29, 1.82) is 0 Å². The van der Waals surface area contributed by atoms with Crippen LogP contribution in [-0.4, -0.2) is 0 Å². The first-order chi connectivity index (χ1) is 24.8. The molecule has 0 saturated heterocycles. The van der Waals surface area contributed by atoms with Crippen LogP contribution in [0.25, 0.3) is 100 Å². The summed E-state index contributed by atoms with van der Waals surface area (Å²) in [6, 6.07) is 66.6. The van der Waals surface area contributed by atoms with E-state index in [0.29, 0.717) is 0 Å². The molecule has 0 spiro atoms. The lowest BCUT2D eigenvalue weighted by molar-refractivity contribution is 1.60. The normalized spacial score (nSPS) is 11.9. The zero-order chi connectivity index (χ0) is 33.0. The average molecular weight is 633 g/mol. The fourth-order valence-electron chi connectivity index (χ4n) is 8.07. The molecule has 9 aromatic rings. The summed E-state index contributed by atoms with van der Waals surface area (Å²) in [4.78, 5) is 0. The van der Waals surface area contributed by atoms with Crippen molar-refractivity contribution in [3.8, 4) is 55.6 Å². The molecule has 50 heavy (non-hydrogen) atoms. The highest BCUT2D eigenvalue weighted by atomic mass is 14.3. The molecule has 0 aliphatic heterocycles. The standard InChI is InChI=1S/C50H32/c1-2-10-35(11-3-1)36-26-22-33(23-27-36)20-21-34-24-28-38(29-25-34)49-42-14-4-6-16-44(42)50(45-17-7-5-15-43(45)49)39-30-31-40-41-18-8-12-37-13-9-19-46(48(37)41)47(40)32-39/h1-32H/b21-20+. The Bertz CT molecular complexity index is 2700. The van der Waals surface area contributed by atoms with Gasteiger partial charge < -0.3 is 0 Å². The zero-order valence-electron chi connectivity index (χ0n) is 27.5. The van der Waals surface area contributed by atoms with Crippen LogP contribution in [0.3, 0.4) is 0 Å². The van der Waals surface area contributed by atoms with Gasteiger partial charge in [-0.3, -0.25) is 0 Å². The van der Waals surface area contributed by atoms with Gasteiger partial charge in [0.25, 0.3) is 0 Å². The monoisotopic (exact) mass is 632 g/mol. The number of hydrogen-bond acceptors (Lipinski definition) is 0. The Hall–Kier alpha value is -6.50. The quantitative estimate of drug-likeness (QED) is 0.131. The van der Waals surface area contributed by atoms with E-state index in [9.17, 15) is 0 Å². The minimum Gasteiger partial charge on any atom is -0.0622 e. The van der Waals surface area contributed by atoms with Crippen molar-refractivity contribution in [3.05, 3.63) is 193 Å². The second-order valence-electron chi connectivity index (χ2n) is 13.3. The molecular formula is C50H32. The number of rotatable bonds is 5. The molecule has 10 rings (SSSR count). The van der Waals surface area contributed by atoms with Gasteiger partial charge in [0.05, 0.1) is 0 Å². The average Bonchev–Trinajstić information content (AvgIpc) is 3.51. The molecule has 0 heteroatoms. The number of hydrogen-bond donors (Lipinski definition) is 0. The van der Waals surface area contributed by atoms with Crippen molar-refractivity contribution in [2.75, 3.05) is 0 Å². The van der Waals surface area contributed by atoms with E-state index < -0.39 is 0 Å². The summed E-state index contributed by atoms with van der Waals surface area (Å²) < 4.78 is 0. The van der Waals surface area contributed by atoms with Crippen molar-refractivity contribution < 1.29 is 0 Å². The van der Waals surface area contributed by atoms with Gasteiger partial charge in [0.2, 0.25) is 0 Å². The Morgan fingerprint density at radius 3 is 1.32 bits per heavy atom. The summed E-state index contributed by atoms with van der Waals surface area (Å²) >= 11 is 0. The minimum atomic E-state index is 1.18. The predicted octanol–water partition coefficient (Wildman–Crippen LogP) is 14.0. The van der Waals surface area contributed by atoms with Gasteiger partial charge in [-0.1, -0.05) is 188 Å². The van der Waals surface area contributed by atoms with Crippen LogP contribution in [-0.2, 0) is 0 Å². The molecule has 0 aromatic heterocycles. The van der Waals surface area contributed by atoms with Crippen LogP contribution in [0.5, 0.6) is 0 Å². The van der Waals surface area contributed by atoms with E-state index in [1.165, 1.54) is 99.1 Å². The molecule has 0 saturated carbocycles. The number of fused-ring (bicyclic) bond motifs is 5. The van der Waals surface area contributed by atoms with Crippen LogP contribution in [0.15, 0.2) is 182 Å². The van der Waals surface area contributed by atoms with E-state index in [1.54, 1.807) is 0 Å². The van der Waals surface area contributed by atoms with Gasteiger partial charge in [-0.2, -0.15) is 0 Å². The third-order valence-electron chi connectivity index (χ3n) is 10.4. The Kier molecular flexibility index (Phi) is 6.60. The first-order valence-electron chi connectivity index (χ1n) is 17.3. The Labute approximate surface area is 292 Å². The summed E-state index contributed by atoms with van der Waals surface area (Å²) in [5.74, 6) is 0. The molecule has 1 aliphatic carbocycles. The first-order valence-corrected chi connectivity index (χ1v) is 17.3. The second-order valence-corrected chi connectivity index (χ2v) is 13.3. The Morgan fingerprint density at radius 1 is 0.280 bits per heavy atom. The summed E-state index contributed by atoms with van der Waals surface area (Å²) in [6.07, 6.45) is 4.40. The van der Waals surface area contributed by atoms with E-state index >= 15 is 0 Å². The lowest BCUT2D eigenvalue weighted by Crippen LogP contribution is -1.91. The van der Waals surface area contributed by atoms with Gasteiger partial charge in [0, 0.05) is 0 Å². The molecule has 232 valence electrons. The lowest BCUT2D eigenvalue weighted by Gasteiger charge is -2.18. The van der Waals surface area contributed by atoms with Gasteiger partial charge >= 0.3 is 0 Å². The van der Waals surface area contributed by atoms with E-state index in [0.717, 1.165) is 0 Å². The fraction of sp³-hybridized carbons (Fsp3) is 0. The highest BCUT2D eigenvalue weighted by Gasteiger charge is 2.23. The molecule has 0 fully saturated rings. The van der Waals surface area contributed by atoms with Crippen LogP contribution < -0.4 is 0 Å². The molecule has 0 unspecified atom stereocenters. The van der Waals surface area contributed by atoms with Crippen molar-refractivity contribution in [2.24, 2.45) is 0 Å². The van der Waals surface area contributed by atoms with E-state index in [-0.39, 0.29) is 0 Å². The van der Waals surface area contributed by atoms with Crippen LogP contribution in [0.2, 0.25) is 0 Å². The third kappa shape index (κ3) is 4.61. The smallest absolute Gasteiger partial charge is 0.00261 e. The second kappa shape index (κ2) is 11.6. The van der Waals surface area contributed by atoms with Crippen molar-refractivity contribution in [1.82, 2.24) is 0 Å². The topological polar surface area (TPSA) is 0 Å². The molecule has 0 heterocycles. The van der Waals surface area contributed by atoms with Gasteiger partial charge in [0.1, 0.15) is 0 Å². The zero-order valence-corrected chi connectivity index (χ0v) is 27.5. The van der Waals surface area contributed by atoms with Crippen LogP contribution in [0, 0.1) is 0 Å². The van der Waals surface area contributed by atoms with Crippen molar-refractivity contribution in [3.63, 3.8) is 0 Å². The lowest BCUT2D eigenvalue weighted by atomic mass is 9.85. The minimum absolute atomic E-state index is 1.18. The SMILES string of the molecule is C(=C\c1ccc(-c2c3ccccc3c(-c3ccc4c(c3)-c3cccc5cccc-4c35)c3ccccc23)cc1)/c1ccc(-c2ccccc2)cc1. The molecule has 0 amide bonds. The summed E-state index contributed by atoms with van der Waals surface area (Å²) in [5.41, 5.74) is 15.2. The van der Waals surface area contributed by atoms with Crippen molar-refractivity contribution >= 4 is 44.5 Å². The van der Waals surface area contributed by atoms with E-state index in [1.807, 2.05) is 0 Å². The van der Waals surface area contributed by atoms with E-state index in [2.05, 4.69) is 194 Å². The molecule has 0 atom stereocenters. The van der Waals surface area contributed by atoms with Gasteiger partial charge in [-0.15, -0.1) is 0 Å². The van der Waals surface area contributed by atoms with Crippen molar-refractivity contribution in [2.45, 2.75) is 0 Å². The fourth-order valence-corrected chi connectivity index (χ4v) is 8.07. The summed E-state index contributed by atoms with van der Waals surface area (Å²) in [6.45, 7) is 0. The summed E-state index contributed by atoms with van der Waals surface area (Å²) in [7, 11) is 0. The maximum atomic E-state index is 2.42. The highest BCUT2D eigenvalue weighted by molar-refractivity contribution is 6.22.